The second-order valence-electron chi connectivity index (χ2n) is 10.5. The zero-order valence-corrected chi connectivity index (χ0v) is 23.3. The zero-order valence-electron chi connectivity index (χ0n) is 22.5. The lowest BCUT2D eigenvalue weighted by Gasteiger charge is -2.36. The number of anilines is 3. The van der Waals surface area contributed by atoms with Crippen LogP contribution in [0.4, 0.5) is 16.6 Å². The predicted molar refractivity (Wildman–Crippen MR) is 156 cm³/mol. The maximum atomic E-state index is 12.2. The van der Waals surface area contributed by atoms with E-state index in [2.05, 4.69) is 51.5 Å². The van der Waals surface area contributed by atoms with Gasteiger partial charge in [0.1, 0.15) is 17.9 Å². The van der Waals surface area contributed by atoms with Gasteiger partial charge in [0.15, 0.2) is 5.13 Å². The lowest BCUT2D eigenvalue weighted by molar-refractivity contribution is -0.126. The van der Waals surface area contributed by atoms with Gasteiger partial charge in [0.25, 0.3) is 0 Å². The standard InChI is InChI=1S/C28H36N8O2S/c1-3-24(37)35-14-16-36(17-15-35)26-20-9-12-34(22-7-4-8-23-25(22)31-27(29)39-23)13-10-21(20)30-28(32-26)38-18-19-6-5-11-33(19)2/h3-4,7-8,19H,1,5-6,9-18H2,2H3,(H2,29,31). The Morgan fingerprint density at radius 1 is 1.10 bits per heavy atom. The molecule has 206 valence electrons. The Bertz CT molecular complexity index is 1370. The summed E-state index contributed by atoms with van der Waals surface area (Å²) in [5, 5.41) is 0.590. The topological polar surface area (TPSA) is 104 Å². The quantitative estimate of drug-likeness (QED) is 0.466. The molecule has 1 aromatic carbocycles. The Hall–Kier alpha value is -3.44. The number of thiazole rings is 1. The summed E-state index contributed by atoms with van der Waals surface area (Å²) in [6.07, 6.45) is 5.33. The van der Waals surface area contributed by atoms with Gasteiger partial charge in [0.2, 0.25) is 5.91 Å². The molecular formula is C28H36N8O2S. The van der Waals surface area contributed by atoms with E-state index in [-0.39, 0.29) is 5.91 Å². The van der Waals surface area contributed by atoms with Crippen LogP contribution in [-0.4, -0.2) is 96.2 Å². The minimum absolute atomic E-state index is 0.0200. The first kappa shape index (κ1) is 25.8. The van der Waals surface area contributed by atoms with Gasteiger partial charge in [0, 0.05) is 57.3 Å². The van der Waals surface area contributed by atoms with Crippen LogP contribution in [0, 0.1) is 0 Å². The van der Waals surface area contributed by atoms with Crippen molar-refractivity contribution < 1.29 is 9.53 Å². The highest BCUT2D eigenvalue weighted by Gasteiger charge is 2.28. The number of hydrogen-bond acceptors (Lipinski definition) is 10. The van der Waals surface area contributed by atoms with Gasteiger partial charge in [0.05, 0.1) is 16.1 Å². The van der Waals surface area contributed by atoms with Gasteiger partial charge in [-0.25, -0.2) is 4.98 Å². The number of likely N-dealkylation sites (tertiary alicyclic amines) is 1. The first-order valence-electron chi connectivity index (χ1n) is 13.8. The highest BCUT2D eigenvalue weighted by molar-refractivity contribution is 7.22. The number of hydrogen-bond donors (Lipinski definition) is 1. The van der Waals surface area contributed by atoms with Crippen molar-refractivity contribution in [1.82, 2.24) is 24.8 Å². The highest BCUT2D eigenvalue weighted by Crippen LogP contribution is 2.34. The van der Waals surface area contributed by atoms with Crippen LogP contribution in [0.5, 0.6) is 6.01 Å². The zero-order chi connectivity index (χ0) is 26.9. The van der Waals surface area contributed by atoms with E-state index in [1.54, 1.807) is 0 Å². The van der Waals surface area contributed by atoms with Gasteiger partial charge in [-0.05, 0) is 51.1 Å². The molecular weight excluding hydrogens is 512 g/mol. The van der Waals surface area contributed by atoms with Crippen molar-refractivity contribution in [2.24, 2.45) is 0 Å². The molecule has 1 amide bonds. The Morgan fingerprint density at radius 2 is 1.92 bits per heavy atom. The molecule has 2 fully saturated rings. The summed E-state index contributed by atoms with van der Waals surface area (Å²) < 4.78 is 7.35. The lowest BCUT2D eigenvalue weighted by atomic mass is 10.1. The molecule has 11 heteroatoms. The van der Waals surface area contributed by atoms with E-state index in [1.165, 1.54) is 29.4 Å². The summed E-state index contributed by atoms with van der Waals surface area (Å²) >= 11 is 1.52. The molecule has 10 nitrogen and oxygen atoms in total. The summed E-state index contributed by atoms with van der Waals surface area (Å²) in [6.45, 7) is 9.72. The first-order chi connectivity index (χ1) is 19.0. The fourth-order valence-corrected chi connectivity index (χ4v) is 6.71. The minimum Gasteiger partial charge on any atom is -0.462 e. The van der Waals surface area contributed by atoms with Gasteiger partial charge in [-0.2, -0.15) is 9.97 Å². The number of rotatable bonds is 6. The van der Waals surface area contributed by atoms with E-state index in [0.29, 0.717) is 36.9 Å². The fraction of sp³-hybridized carbons (Fsp3) is 0.500. The maximum absolute atomic E-state index is 12.2. The molecule has 39 heavy (non-hydrogen) atoms. The van der Waals surface area contributed by atoms with Crippen molar-refractivity contribution in [3.05, 3.63) is 42.1 Å². The van der Waals surface area contributed by atoms with Gasteiger partial charge >= 0.3 is 6.01 Å². The summed E-state index contributed by atoms with van der Waals surface area (Å²) in [7, 11) is 2.15. The summed E-state index contributed by atoms with van der Waals surface area (Å²) in [6, 6.07) is 7.13. The molecule has 0 aliphatic carbocycles. The predicted octanol–water partition coefficient (Wildman–Crippen LogP) is 2.58. The number of carbonyl (C=O) groups excluding carboxylic acids is 1. The summed E-state index contributed by atoms with van der Waals surface area (Å²) in [5.74, 6) is 0.923. The molecule has 2 aromatic heterocycles. The number of nitrogen functional groups attached to an aromatic ring is 1. The number of aromatic nitrogens is 3. The molecule has 0 bridgehead atoms. The molecule has 0 spiro atoms. The van der Waals surface area contributed by atoms with Crippen LogP contribution in [0.1, 0.15) is 24.1 Å². The molecule has 3 aliphatic heterocycles. The van der Waals surface area contributed by atoms with Crippen LogP contribution >= 0.6 is 11.3 Å². The van der Waals surface area contributed by atoms with Crippen LogP contribution in [0.3, 0.4) is 0 Å². The monoisotopic (exact) mass is 548 g/mol. The molecule has 0 saturated carbocycles. The molecule has 5 heterocycles. The van der Waals surface area contributed by atoms with Gasteiger partial charge in [-0.1, -0.05) is 24.0 Å². The SMILES string of the molecule is C=CC(=O)N1CCN(c2nc(OCC3CCCN3C)nc3c2CCN(c2cccc4sc(N)nc24)CC3)CC1. The van der Waals surface area contributed by atoms with E-state index in [1.807, 2.05) is 4.90 Å². The van der Waals surface area contributed by atoms with E-state index >= 15 is 0 Å². The number of amides is 1. The number of benzene rings is 1. The average molecular weight is 549 g/mol. The third-order valence-corrected chi connectivity index (χ3v) is 9.05. The summed E-state index contributed by atoms with van der Waals surface area (Å²) in [4.78, 5) is 35.6. The van der Waals surface area contributed by atoms with Crippen molar-refractivity contribution in [3.63, 3.8) is 0 Å². The number of para-hydroxylation sites is 1. The second-order valence-corrected chi connectivity index (χ2v) is 11.6. The Kier molecular flexibility index (Phi) is 7.26. The number of fused-ring (bicyclic) bond motifs is 2. The Labute approximate surface area is 233 Å². The van der Waals surface area contributed by atoms with Crippen molar-refractivity contribution >= 4 is 44.1 Å². The van der Waals surface area contributed by atoms with Crippen LogP contribution in [0.2, 0.25) is 0 Å². The molecule has 3 aromatic rings. The fourth-order valence-electron chi connectivity index (χ4n) is 5.96. The van der Waals surface area contributed by atoms with Crippen LogP contribution < -0.4 is 20.3 Å². The molecule has 0 radical (unpaired) electrons. The number of piperazine rings is 1. The van der Waals surface area contributed by atoms with Crippen LogP contribution in [-0.2, 0) is 17.6 Å². The smallest absolute Gasteiger partial charge is 0.318 e. The number of nitrogens with two attached hydrogens (primary N) is 1. The summed E-state index contributed by atoms with van der Waals surface area (Å²) in [5.41, 5.74) is 10.3. The average Bonchev–Trinajstić information content (AvgIpc) is 3.48. The Morgan fingerprint density at radius 3 is 2.69 bits per heavy atom. The minimum atomic E-state index is -0.0200. The Balaban J connectivity index is 1.28. The number of carbonyl (C=O) groups is 1. The van der Waals surface area contributed by atoms with Crippen LogP contribution in [0.25, 0.3) is 10.2 Å². The van der Waals surface area contributed by atoms with Crippen molar-refractivity contribution in [3.8, 4) is 6.01 Å². The van der Waals surface area contributed by atoms with E-state index in [0.717, 1.165) is 79.4 Å². The molecule has 3 aliphatic rings. The van der Waals surface area contributed by atoms with Crippen LogP contribution in [0.15, 0.2) is 30.9 Å². The molecule has 6 rings (SSSR count). The third-order valence-electron chi connectivity index (χ3n) is 8.20. The molecule has 1 unspecified atom stereocenters. The third kappa shape index (κ3) is 5.25. The van der Waals surface area contributed by atoms with Crippen molar-refractivity contribution in [1.29, 1.82) is 0 Å². The molecule has 2 N–H and O–H groups in total. The number of likely N-dealkylation sites (N-methyl/N-ethyl adjacent to an activating group) is 1. The largest absolute Gasteiger partial charge is 0.462 e. The molecule has 1 atom stereocenters. The van der Waals surface area contributed by atoms with E-state index < -0.39 is 0 Å². The first-order valence-corrected chi connectivity index (χ1v) is 14.6. The maximum Gasteiger partial charge on any atom is 0.318 e. The second kappa shape index (κ2) is 11.0. The van der Waals surface area contributed by atoms with Crippen molar-refractivity contribution in [2.45, 2.75) is 31.7 Å². The van der Waals surface area contributed by atoms with Gasteiger partial charge in [-0.15, -0.1) is 0 Å². The molecule has 2 saturated heterocycles. The highest BCUT2D eigenvalue weighted by atomic mass is 32.1. The van der Waals surface area contributed by atoms with E-state index in [4.69, 9.17) is 20.4 Å². The van der Waals surface area contributed by atoms with Crippen molar-refractivity contribution in [2.75, 3.05) is 75.0 Å². The van der Waals surface area contributed by atoms with Gasteiger partial charge < -0.3 is 30.1 Å². The number of ether oxygens (including phenoxy) is 1. The van der Waals surface area contributed by atoms with Gasteiger partial charge in [-0.3, -0.25) is 4.79 Å². The number of nitrogens with zero attached hydrogens (tertiary/aromatic N) is 7. The van der Waals surface area contributed by atoms with E-state index in [9.17, 15) is 4.79 Å². The normalized spacial score (nSPS) is 20.2. The lowest BCUT2D eigenvalue weighted by Crippen LogP contribution is -2.49.